The molecule has 9 nitrogen and oxygen atoms in total. The molecule has 1 aromatic carbocycles. The van der Waals surface area contributed by atoms with Crippen molar-refractivity contribution in [2.45, 2.75) is 10.1 Å². The summed E-state index contributed by atoms with van der Waals surface area (Å²) in [5.74, 6) is 0.864. The van der Waals surface area contributed by atoms with Gasteiger partial charge in [-0.25, -0.2) is 4.68 Å². The van der Waals surface area contributed by atoms with Crippen molar-refractivity contribution in [3.05, 3.63) is 22.2 Å². The van der Waals surface area contributed by atoms with Gasteiger partial charge in [0, 0.05) is 13.1 Å². The summed E-state index contributed by atoms with van der Waals surface area (Å²) >= 11 is 1.10. The van der Waals surface area contributed by atoms with Crippen LogP contribution in [0.3, 0.4) is 0 Å². The first-order valence-corrected chi connectivity index (χ1v) is 6.45. The number of nitro benzene ring substituents is 1. The second kappa shape index (κ2) is 4.96. The Kier molecular flexibility index (Phi) is 3.14. The smallest absolute Gasteiger partial charge is 0.287 e. The van der Waals surface area contributed by atoms with Crippen molar-refractivity contribution in [3.63, 3.8) is 0 Å². The normalized spacial score (nSPS) is 13.2. The molecule has 0 N–H and O–H groups in total. The van der Waals surface area contributed by atoms with E-state index < -0.39 is 4.92 Å². The van der Waals surface area contributed by atoms with Crippen molar-refractivity contribution >= 4 is 17.4 Å². The lowest BCUT2D eigenvalue weighted by Gasteiger charge is -2.18. The highest BCUT2D eigenvalue weighted by molar-refractivity contribution is 7.99. The van der Waals surface area contributed by atoms with Gasteiger partial charge in [0.15, 0.2) is 11.5 Å². The molecule has 0 aliphatic carbocycles. The summed E-state index contributed by atoms with van der Waals surface area (Å²) in [5, 5.41) is 22.6. The van der Waals surface area contributed by atoms with Gasteiger partial charge >= 0.3 is 0 Å². The van der Waals surface area contributed by atoms with E-state index in [9.17, 15) is 10.1 Å². The molecular weight excluding hydrogens is 286 g/mol. The Morgan fingerprint density at radius 1 is 1.35 bits per heavy atom. The summed E-state index contributed by atoms with van der Waals surface area (Å²) in [6, 6.07) is 2.94. The molecule has 2 heterocycles. The van der Waals surface area contributed by atoms with E-state index in [1.807, 2.05) is 0 Å². The number of nitrogens with zero attached hydrogens (tertiary/aromatic N) is 5. The summed E-state index contributed by atoms with van der Waals surface area (Å²) in [6.07, 6.45) is 0. The quantitative estimate of drug-likeness (QED) is 0.611. The first-order valence-electron chi connectivity index (χ1n) is 5.63. The van der Waals surface area contributed by atoms with Gasteiger partial charge in [-0.2, -0.15) is 0 Å². The van der Waals surface area contributed by atoms with Gasteiger partial charge in [0.2, 0.25) is 5.16 Å². The molecule has 104 valence electrons. The Morgan fingerprint density at radius 2 is 2.05 bits per heavy atom. The third kappa shape index (κ3) is 2.25. The molecule has 0 saturated carbocycles. The number of tetrazole rings is 1. The average Bonchev–Trinajstić information content (AvgIpc) is 2.83. The van der Waals surface area contributed by atoms with Crippen molar-refractivity contribution in [2.24, 2.45) is 7.05 Å². The van der Waals surface area contributed by atoms with E-state index in [1.165, 1.54) is 10.7 Å². The zero-order chi connectivity index (χ0) is 14.1. The standard InChI is InChI=1S/C10H9N5O4S/c1-14-10(11-12-13-14)20-9-5-8-7(18-2-3-19-8)4-6(9)15(16)17/h4-5H,2-3H2,1H3. The highest BCUT2D eigenvalue weighted by Crippen LogP contribution is 2.42. The number of hydrogen-bond donors (Lipinski definition) is 0. The van der Waals surface area contributed by atoms with Crippen LogP contribution in [-0.4, -0.2) is 38.3 Å². The van der Waals surface area contributed by atoms with Gasteiger partial charge in [-0.1, -0.05) is 0 Å². The fourth-order valence-electron chi connectivity index (χ4n) is 1.69. The second-order valence-corrected chi connectivity index (χ2v) is 4.92. The third-order valence-electron chi connectivity index (χ3n) is 2.60. The average molecular weight is 295 g/mol. The number of aromatic nitrogens is 4. The van der Waals surface area contributed by atoms with Gasteiger partial charge in [-0.05, 0) is 22.2 Å². The van der Waals surface area contributed by atoms with E-state index in [4.69, 9.17) is 9.47 Å². The van der Waals surface area contributed by atoms with Crippen molar-refractivity contribution < 1.29 is 14.4 Å². The van der Waals surface area contributed by atoms with E-state index in [1.54, 1.807) is 13.1 Å². The van der Waals surface area contributed by atoms with Crippen LogP contribution >= 0.6 is 11.8 Å². The van der Waals surface area contributed by atoms with Crippen LogP contribution in [0.15, 0.2) is 22.2 Å². The van der Waals surface area contributed by atoms with E-state index in [2.05, 4.69) is 15.5 Å². The Balaban J connectivity index is 2.04. The fraction of sp³-hybridized carbons (Fsp3) is 0.300. The minimum absolute atomic E-state index is 0.0674. The lowest BCUT2D eigenvalue weighted by molar-refractivity contribution is -0.387. The number of ether oxygens (including phenoxy) is 2. The lowest BCUT2D eigenvalue weighted by atomic mass is 10.2. The van der Waals surface area contributed by atoms with Crippen LogP contribution in [-0.2, 0) is 7.05 Å². The lowest BCUT2D eigenvalue weighted by Crippen LogP contribution is -2.15. The van der Waals surface area contributed by atoms with Crippen LogP contribution in [0.5, 0.6) is 11.5 Å². The Bertz CT molecular complexity index is 674. The van der Waals surface area contributed by atoms with Crippen LogP contribution in [0.25, 0.3) is 0 Å². The number of hydrogen-bond acceptors (Lipinski definition) is 8. The first-order chi connectivity index (χ1) is 9.65. The van der Waals surface area contributed by atoms with Crippen LogP contribution < -0.4 is 9.47 Å². The highest BCUT2D eigenvalue weighted by atomic mass is 32.2. The van der Waals surface area contributed by atoms with E-state index in [0.717, 1.165) is 11.8 Å². The predicted molar refractivity (Wildman–Crippen MR) is 67.0 cm³/mol. The second-order valence-electron chi connectivity index (χ2n) is 3.91. The summed E-state index contributed by atoms with van der Waals surface area (Å²) < 4.78 is 12.2. The Morgan fingerprint density at radius 3 is 2.65 bits per heavy atom. The molecule has 0 unspecified atom stereocenters. The highest BCUT2D eigenvalue weighted by Gasteiger charge is 2.24. The molecule has 0 spiro atoms. The molecule has 20 heavy (non-hydrogen) atoms. The number of aryl methyl sites for hydroxylation is 1. The minimum Gasteiger partial charge on any atom is -0.486 e. The summed E-state index contributed by atoms with van der Waals surface area (Å²) in [5.41, 5.74) is -0.0674. The SMILES string of the molecule is Cn1nnnc1Sc1cc2c(cc1[N+](=O)[O-])OCCO2. The van der Waals surface area contributed by atoms with Crippen molar-refractivity contribution in [2.75, 3.05) is 13.2 Å². The molecule has 0 radical (unpaired) electrons. The van der Waals surface area contributed by atoms with Crippen LogP contribution in [0, 0.1) is 10.1 Å². The summed E-state index contributed by atoms with van der Waals surface area (Å²) in [7, 11) is 1.66. The van der Waals surface area contributed by atoms with Gasteiger partial charge < -0.3 is 9.47 Å². The van der Waals surface area contributed by atoms with E-state index in [-0.39, 0.29) is 5.69 Å². The van der Waals surface area contributed by atoms with E-state index in [0.29, 0.717) is 34.8 Å². The van der Waals surface area contributed by atoms with Crippen molar-refractivity contribution in [3.8, 4) is 11.5 Å². The number of benzene rings is 1. The summed E-state index contributed by atoms with van der Waals surface area (Å²) in [6.45, 7) is 0.796. The molecular formula is C10H9N5O4S. The number of fused-ring (bicyclic) bond motifs is 1. The number of nitro groups is 1. The van der Waals surface area contributed by atoms with Gasteiger partial charge in [0.1, 0.15) is 13.2 Å². The predicted octanol–water partition coefficient (Wildman–Crippen LogP) is 1.04. The van der Waals surface area contributed by atoms with Crippen molar-refractivity contribution in [1.82, 2.24) is 20.2 Å². The molecule has 1 aliphatic heterocycles. The topological polar surface area (TPSA) is 105 Å². The van der Waals surface area contributed by atoms with Crippen LogP contribution in [0.2, 0.25) is 0 Å². The molecule has 3 rings (SSSR count). The summed E-state index contributed by atoms with van der Waals surface area (Å²) in [4.78, 5) is 11.1. The number of rotatable bonds is 3. The van der Waals surface area contributed by atoms with E-state index >= 15 is 0 Å². The zero-order valence-electron chi connectivity index (χ0n) is 10.3. The molecule has 1 aliphatic rings. The maximum atomic E-state index is 11.2. The zero-order valence-corrected chi connectivity index (χ0v) is 11.2. The fourth-order valence-corrected chi connectivity index (χ4v) is 2.54. The van der Waals surface area contributed by atoms with Gasteiger partial charge in [0.05, 0.1) is 15.9 Å². The maximum absolute atomic E-state index is 11.2. The minimum atomic E-state index is -0.468. The molecule has 0 atom stereocenters. The molecule has 0 saturated heterocycles. The third-order valence-corrected chi connectivity index (χ3v) is 3.68. The largest absolute Gasteiger partial charge is 0.486 e. The monoisotopic (exact) mass is 295 g/mol. The molecule has 10 heteroatoms. The van der Waals surface area contributed by atoms with Gasteiger partial charge in [-0.3, -0.25) is 10.1 Å². The first kappa shape index (κ1) is 12.7. The molecule has 2 aromatic rings. The Hall–Kier alpha value is -2.36. The van der Waals surface area contributed by atoms with Crippen LogP contribution in [0.4, 0.5) is 5.69 Å². The molecule has 0 amide bonds. The van der Waals surface area contributed by atoms with Crippen molar-refractivity contribution in [1.29, 1.82) is 0 Å². The van der Waals surface area contributed by atoms with Crippen LogP contribution in [0.1, 0.15) is 0 Å². The maximum Gasteiger partial charge on any atom is 0.287 e. The Labute approximate surface area is 117 Å². The molecule has 0 bridgehead atoms. The molecule has 1 aromatic heterocycles. The molecule has 0 fully saturated rings. The van der Waals surface area contributed by atoms with Gasteiger partial charge in [0.25, 0.3) is 5.69 Å². The van der Waals surface area contributed by atoms with Gasteiger partial charge in [-0.15, -0.1) is 5.10 Å².